The number of nitrogens with one attached hydrogen (secondary N) is 1. The molecule has 114 valence electrons. The lowest BCUT2D eigenvalue weighted by atomic mass is 9.92. The van der Waals surface area contributed by atoms with Crippen LogP contribution in [0.5, 0.6) is 0 Å². The van der Waals surface area contributed by atoms with Crippen molar-refractivity contribution < 1.29 is 19.2 Å². The fourth-order valence-electron chi connectivity index (χ4n) is 1.64. The van der Waals surface area contributed by atoms with Crippen molar-refractivity contribution in [1.29, 1.82) is 0 Å². The molecule has 0 aliphatic heterocycles. The third kappa shape index (κ3) is 6.45. The molecule has 6 heteroatoms. The average Bonchev–Trinajstić information content (AvgIpc) is 2.35. The lowest BCUT2D eigenvalue weighted by Gasteiger charge is -2.18. The Bertz CT molecular complexity index is 393. The normalized spacial score (nSPS) is 15.0. The number of ketones is 2. The highest BCUT2D eigenvalue weighted by Crippen LogP contribution is 2.12. The molecule has 0 aliphatic rings. The van der Waals surface area contributed by atoms with Crippen LogP contribution in [0.25, 0.3) is 0 Å². The number of Topliss-reactive ketones (excluding diaryl/α,β-unsaturated/α-hetero) is 2. The van der Waals surface area contributed by atoms with E-state index in [0.717, 1.165) is 0 Å². The third-order valence-electron chi connectivity index (χ3n) is 3.37. The van der Waals surface area contributed by atoms with Crippen LogP contribution in [0.3, 0.4) is 0 Å². The van der Waals surface area contributed by atoms with Gasteiger partial charge in [-0.05, 0) is 20.3 Å². The van der Waals surface area contributed by atoms with Crippen LogP contribution in [0.15, 0.2) is 0 Å². The smallest absolute Gasteiger partial charge is 0.223 e. The Morgan fingerprint density at radius 1 is 1.10 bits per heavy atom. The lowest BCUT2D eigenvalue weighted by molar-refractivity contribution is -0.132. The Labute approximate surface area is 119 Å². The molecule has 0 aromatic carbocycles. The average molecular weight is 284 g/mol. The number of nitrogens with two attached hydrogens (primary N) is 1. The lowest BCUT2D eigenvalue weighted by Crippen LogP contribution is -2.42. The molecular weight excluding hydrogens is 260 g/mol. The second-order valence-electron chi connectivity index (χ2n) is 5.19. The predicted molar refractivity (Wildman–Crippen MR) is 74.7 cm³/mol. The quantitative estimate of drug-likeness (QED) is 0.645. The number of carbonyl (C=O) groups excluding carboxylic acids is 4. The van der Waals surface area contributed by atoms with Crippen molar-refractivity contribution in [2.75, 3.05) is 0 Å². The largest absolute Gasteiger partial charge is 0.370 e. The van der Waals surface area contributed by atoms with Gasteiger partial charge in [0.25, 0.3) is 0 Å². The maximum absolute atomic E-state index is 12.0. The van der Waals surface area contributed by atoms with E-state index in [-0.39, 0.29) is 36.2 Å². The van der Waals surface area contributed by atoms with Gasteiger partial charge in [0.1, 0.15) is 5.78 Å². The molecule has 3 atom stereocenters. The molecular formula is C14H24N2O4. The van der Waals surface area contributed by atoms with Gasteiger partial charge in [-0.2, -0.15) is 0 Å². The molecule has 0 saturated heterocycles. The zero-order valence-corrected chi connectivity index (χ0v) is 12.6. The second kappa shape index (κ2) is 8.45. The maximum Gasteiger partial charge on any atom is 0.223 e. The molecule has 2 amide bonds. The van der Waals surface area contributed by atoms with E-state index in [9.17, 15) is 19.2 Å². The Hall–Kier alpha value is -1.72. The number of hydrogen-bond donors (Lipinski definition) is 2. The molecule has 0 rings (SSSR count). The second-order valence-corrected chi connectivity index (χ2v) is 5.19. The monoisotopic (exact) mass is 284 g/mol. The summed E-state index contributed by atoms with van der Waals surface area (Å²) in [5.41, 5.74) is 5.05. The standard InChI is InChI=1S/C14H24N2O4/c1-5-8(2)14(20)16-9(3)12(18)6-11(10(4)17)7-13(15)19/h8-9,11H,5-7H2,1-4H3,(H2,15,19)(H,16,20)/t8-,9+,11-/m0/s1. The Balaban J connectivity index is 4.53. The Kier molecular flexibility index (Phi) is 7.72. The number of rotatable bonds is 9. The van der Waals surface area contributed by atoms with Gasteiger partial charge in [-0.15, -0.1) is 0 Å². The highest BCUT2D eigenvalue weighted by atomic mass is 16.2. The van der Waals surface area contributed by atoms with Crippen molar-refractivity contribution in [1.82, 2.24) is 5.32 Å². The molecule has 0 fully saturated rings. The van der Waals surface area contributed by atoms with E-state index >= 15 is 0 Å². The summed E-state index contributed by atoms with van der Waals surface area (Å²) in [6, 6.07) is -0.675. The van der Waals surface area contributed by atoms with Crippen LogP contribution < -0.4 is 11.1 Å². The van der Waals surface area contributed by atoms with E-state index in [1.54, 1.807) is 13.8 Å². The Morgan fingerprint density at radius 3 is 2.05 bits per heavy atom. The first-order valence-corrected chi connectivity index (χ1v) is 6.80. The molecule has 20 heavy (non-hydrogen) atoms. The fraction of sp³-hybridized carbons (Fsp3) is 0.714. The molecule has 0 aliphatic carbocycles. The molecule has 0 aromatic rings. The van der Waals surface area contributed by atoms with Crippen LogP contribution in [0.4, 0.5) is 0 Å². The summed E-state index contributed by atoms with van der Waals surface area (Å²) in [5, 5.41) is 2.61. The minimum absolute atomic E-state index is 0.0831. The third-order valence-corrected chi connectivity index (χ3v) is 3.37. The van der Waals surface area contributed by atoms with E-state index in [1.807, 2.05) is 6.92 Å². The van der Waals surface area contributed by atoms with Crippen molar-refractivity contribution in [2.45, 2.75) is 53.0 Å². The number of amides is 2. The number of hydrogen-bond acceptors (Lipinski definition) is 4. The van der Waals surface area contributed by atoms with Gasteiger partial charge in [-0.3, -0.25) is 19.2 Å². The summed E-state index contributed by atoms with van der Waals surface area (Å²) in [5.74, 6) is -2.21. The van der Waals surface area contributed by atoms with Crippen molar-refractivity contribution in [3.8, 4) is 0 Å². The summed E-state index contributed by atoms with van der Waals surface area (Å²) >= 11 is 0. The highest BCUT2D eigenvalue weighted by molar-refractivity contribution is 5.94. The minimum atomic E-state index is -0.706. The van der Waals surface area contributed by atoms with Crippen LogP contribution in [-0.2, 0) is 19.2 Å². The molecule has 0 heterocycles. The van der Waals surface area contributed by atoms with Crippen LogP contribution >= 0.6 is 0 Å². The summed E-state index contributed by atoms with van der Waals surface area (Å²) in [4.78, 5) is 45.9. The van der Waals surface area contributed by atoms with E-state index in [1.165, 1.54) is 6.92 Å². The fourth-order valence-corrected chi connectivity index (χ4v) is 1.64. The molecule has 0 spiro atoms. The minimum Gasteiger partial charge on any atom is -0.370 e. The van der Waals surface area contributed by atoms with Gasteiger partial charge in [0.05, 0.1) is 6.04 Å². The zero-order valence-electron chi connectivity index (χ0n) is 12.6. The van der Waals surface area contributed by atoms with Gasteiger partial charge in [0.2, 0.25) is 11.8 Å². The van der Waals surface area contributed by atoms with E-state index in [2.05, 4.69) is 5.32 Å². The first-order valence-electron chi connectivity index (χ1n) is 6.80. The van der Waals surface area contributed by atoms with Gasteiger partial charge >= 0.3 is 0 Å². The predicted octanol–water partition coefficient (Wildman–Crippen LogP) is 0.577. The maximum atomic E-state index is 12.0. The van der Waals surface area contributed by atoms with Crippen molar-refractivity contribution in [2.24, 2.45) is 17.6 Å². The zero-order chi connectivity index (χ0) is 15.9. The SMILES string of the molecule is CC[C@H](C)C(=O)N[C@H](C)C(=O)C[C@@H](CC(N)=O)C(C)=O. The summed E-state index contributed by atoms with van der Waals surface area (Å²) in [6.07, 6.45) is 0.456. The van der Waals surface area contributed by atoms with Gasteiger partial charge in [-0.25, -0.2) is 0 Å². The van der Waals surface area contributed by atoms with E-state index < -0.39 is 17.9 Å². The number of primary amides is 1. The summed E-state index contributed by atoms with van der Waals surface area (Å²) in [6.45, 7) is 6.56. The van der Waals surface area contributed by atoms with E-state index in [4.69, 9.17) is 5.73 Å². The molecule has 0 radical (unpaired) electrons. The first-order chi connectivity index (χ1) is 9.18. The van der Waals surface area contributed by atoms with Crippen LogP contribution in [0.1, 0.15) is 47.0 Å². The summed E-state index contributed by atoms with van der Waals surface area (Å²) in [7, 11) is 0. The molecule has 3 N–H and O–H groups in total. The van der Waals surface area contributed by atoms with Crippen LogP contribution in [0, 0.1) is 11.8 Å². The first kappa shape index (κ1) is 18.3. The molecule has 0 aromatic heterocycles. The van der Waals surface area contributed by atoms with E-state index in [0.29, 0.717) is 6.42 Å². The molecule has 0 saturated carbocycles. The number of carbonyl (C=O) groups is 4. The molecule has 0 unspecified atom stereocenters. The van der Waals surface area contributed by atoms with Crippen molar-refractivity contribution >= 4 is 23.4 Å². The van der Waals surface area contributed by atoms with Gasteiger partial charge in [0, 0.05) is 24.7 Å². The van der Waals surface area contributed by atoms with Crippen LogP contribution in [-0.4, -0.2) is 29.4 Å². The Morgan fingerprint density at radius 2 is 1.65 bits per heavy atom. The topological polar surface area (TPSA) is 106 Å². The summed E-state index contributed by atoms with van der Waals surface area (Å²) < 4.78 is 0. The van der Waals surface area contributed by atoms with Crippen molar-refractivity contribution in [3.05, 3.63) is 0 Å². The van der Waals surface area contributed by atoms with Gasteiger partial charge in [-0.1, -0.05) is 13.8 Å². The molecule has 6 nitrogen and oxygen atoms in total. The molecule has 0 bridgehead atoms. The van der Waals surface area contributed by atoms with Crippen molar-refractivity contribution in [3.63, 3.8) is 0 Å². The highest BCUT2D eigenvalue weighted by Gasteiger charge is 2.25. The van der Waals surface area contributed by atoms with Crippen LogP contribution in [0.2, 0.25) is 0 Å². The van der Waals surface area contributed by atoms with Gasteiger partial charge in [0.15, 0.2) is 5.78 Å². The van der Waals surface area contributed by atoms with Gasteiger partial charge < -0.3 is 11.1 Å².